The van der Waals surface area contributed by atoms with Crippen LogP contribution in [-0.2, 0) is 0 Å². The first kappa shape index (κ1) is 9.96. The quantitative estimate of drug-likeness (QED) is 0.801. The van der Waals surface area contributed by atoms with Gasteiger partial charge in [0.1, 0.15) is 0 Å². The maximum atomic E-state index is 11.0. The summed E-state index contributed by atoms with van der Waals surface area (Å²) in [5, 5.41) is 9.04. The highest BCUT2D eigenvalue weighted by atomic mass is 16.4. The fraction of sp³-hybridized carbons (Fsp3) is 0.455. The molecule has 2 heterocycles. The van der Waals surface area contributed by atoms with Crippen molar-refractivity contribution >= 4 is 11.7 Å². The van der Waals surface area contributed by atoms with Gasteiger partial charge in [0, 0.05) is 19.3 Å². The first-order chi connectivity index (χ1) is 7.29. The van der Waals surface area contributed by atoms with Crippen LogP contribution >= 0.6 is 0 Å². The average Bonchev–Trinajstić information content (AvgIpc) is 2.30. The van der Waals surface area contributed by atoms with E-state index >= 15 is 0 Å². The van der Waals surface area contributed by atoms with Crippen molar-refractivity contribution in [3.63, 3.8) is 0 Å². The molecule has 0 radical (unpaired) electrons. The Morgan fingerprint density at radius 2 is 2.07 bits per heavy atom. The standard InChI is InChI=1S/C11H14N2O2/c14-11(15)9-4-5-12-8-10(9)13-6-2-1-3-7-13/h4-5,8H,1-3,6-7H2,(H,14,15). The van der Waals surface area contributed by atoms with Crippen molar-refractivity contribution < 1.29 is 9.90 Å². The minimum Gasteiger partial charge on any atom is -0.478 e. The summed E-state index contributed by atoms with van der Waals surface area (Å²) >= 11 is 0. The van der Waals surface area contributed by atoms with Crippen molar-refractivity contribution in [2.24, 2.45) is 0 Å². The second-order valence-corrected chi connectivity index (χ2v) is 3.75. The van der Waals surface area contributed by atoms with Crippen molar-refractivity contribution in [3.05, 3.63) is 24.0 Å². The zero-order valence-corrected chi connectivity index (χ0v) is 8.52. The van der Waals surface area contributed by atoms with E-state index < -0.39 is 5.97 Å². The van der Waals surface area contributed by atoms with Crippen LogP contribution in [0.1, 0.15) is 29.6 Å². The van der Waals surface area contributed by atoms with E-state index in [1.165, 1.54) is 12.6 Å². The summed E-state index contributed by atoms with van der Waals surface area (Å²) < 4.78 is 0. The number of hydrogen-bond acceptors (Lipinski definition) is 3. The summed E-state index contributed by atoms with van der Waals surface area (Å²) in [4.78, 5) is 17.1. The van der Waals surface area contributed by atoms with E-state index in [9.17, 15) is 4.79 Å². The molecule has 1 aromatic heterocycles. The lowest BCUT2D eigenvalue weighted by molar-refractivity contribution is 0.0697. The molecule has 0 bridgehead atoms. The summed E-state index contributed by atoms with van der Waals surface area (Å²) in [5.41, 5.74) is 1.11. The van der Waals surface area contributed by atoms with Crippen LogP contribution in [0.4, 0.5) is 5.69 Å². The number of anilines is 1. The molecule has 4 nitrogen and oxygen atoms in total. The summed E-state index contributed by atoms with van der Waals surface area (Å²) in [6.45, 7) is 1.87. The molecule has 0 atom stereocenters. The maximum absolute atomic E-state index is 11.0. The Morgan fingerprint density at radius 3 is 2.73 bits per heavy atom. The van der Waals surface area contributed by atoms with Crippen molar-refractivity contribution in [2.75, 3.05) is 18.0 Å². The number of piperidine rings is 1. The van der Waals surface area contributed by atoms with Crippen LogP contribution in [0.2, 0.25) is 0 Å². The minimum absolute atomic E-state index is 0.354. The normalized spacial score (nSPS) is 16.4. The van der Waals surface area contributed by atoms with Crippen LogP contribution in [0.15, 0.2) is 18.5 Å². The van der Waals surface area contributed by atoms with E-state index in [0.29, 0.717) is 5.56 Å². The molecule has 0 amide bonds. The van der Waals surface area contributed by atoms with E-state index in [4.69, 9.17) is 5.11 Å². The molecule has 1 saturated heterocycles. The van der Waals surface area contributed by atoms with E-state index in [0.717, 1.165) is 31.6 Å². The molecule has 1 fully saturated rings. The molecule has 0 aliphatic carbocycles. The fourth-order valence-corrected chi connectivity index (χ4v) is 1.95. The zero-order valence-electron chi connectivity index (χ0n) is 8.52. The Kier molecular flexibility index (Phi) is 2.85. The number of rotatable bonds is 2. The Morgan fingerprint density at radius 1 is 1.33 bits per heavy atom. The molecule has 2 rings (SSSR count). The van der Waals surface area contributed by atoms with Crippen LogP contribution < -0.4 is 4.90 Å². The van der Waals surface area contributed by atoms with Crippen LogP contribution in [0.25, 0.3) is 0 Å². The van der Waals surface area contributed by atoms with Gasteiger partial charge in [-0.3, -0.25) is 4.98 Å². The largest absolute Gasteiger partial charge is 0.478 e. The minimum atomic E-state index is -0.877. The smallest absolute Gasteiger partial charge is 0.337 e. The third-order valence-corrected chi connectivity index (χ3v) is 2.73. The van der Waals surface area contributed by atoms with E-state index in [1.807, 2.05) is 0 Å². The van der Waals surface area contributed by atoms with Crippen molar-refractivity contribution in [3.8, 4) is 0 Å². The molecule has 15 heavy (non-hydrogen) atoms. The number of aromatic nitrogens is 1. The molecular formula is C11H14N2O2. The molecule has 0 aromatic carbocycles. The number of carbonyl (C=O) groups is 1. The highest BCUT2D eigenvalue weighted by Crippen LogP contribution is 2.22. The second kappa shape index (κ2) is 4.29. The number of aromatic carboxylic acids is 1. The first-order valence-electron chi connectivity index (χ1n) is 5.21. The maximum Gasteiger partial charge on any atom is 0.337 e. The molecule has 4 heteroatoms. The van der Waals surface area contributed by atoms with Crippen LogP contribution in [-0.4, -0.2) is 29.1 Å². The molecule has 1 N–H and O–H groups in total. The van der Waals surface area contributed by atoms with Gasteiger partial charge in [-0.05, 0) is 25.3 Å². The van der Waals surface area contributed by atoms with Gasteiger partial charge in [-0.15, -0.1) is 0 Å². The van der Waals surface area contributed by atoms with Crippen molar-refractivity contribution in [1.29, 1.82) is 0 Å². The van der Waals surface area contributed by atoms with Gasteiger partial charge in [-0.25, -0.2) is 4.79 Å². The molecule has 0 unspecified atom stereocenters. The van der Waals surface area contributed by atoms with Crippen LogP contribution in [0, 0.1) is 0 Å². The number of carboxylic acids is 1. The van der Waals surface area contributed by atoms with Crippen molar-refractivity contribution in [2.45, 2.75) is 19.3 Å². The summed E-state index contributed by atoms with van der Waals surface area (Å²) in [5.74, 6) is -0.877. The number of hydrogen-bond donors (Lipinski definition) is 1. The summed E-state index contributed by atoms with van der Waals surface area (Å²) in [6.07, 6.45) is 6.67. The summed E-state index contributed by atoms with van der Waals surface area (Å²) in [7, 11) is 0. The molecule has 1 aliphatic rings. The van der Waals surface area contributed by atoms with E-state index in [2.05, 4.69) is 9.88 Å². The number of carboxylic acid groups (broad SMARTS) is 1. The lowest BCUT2D eigenvalue weighted by Gasteiger charge is -2.29. The van der Waals surface area contributed by atoms with Crippen LogP contribution in [0.5, 0.6) is 0 Å². The van der Waals surface area contributed by atoms with Gasteiger partial charge >= 0.3 is 5.97 Å². The van der Waals surface area contributed by atoms with Gasteiger partial charge in [0.15, 0.2) is 0 Å². The van der Waals surface area contributed by atoms with Gasteiger partial charge in [0.05, 0.1) is 17.4 Å². The molecule has 0 spiro atoms. The predicted octanol–water partition coefficient (Wildman–Crippen LogP) is 1.77. The molecule has 0 saturated carbocycles. The average molecular weight is 206 g/mol. The Hall–Kier alpha value is -1.58. The predicted molar refractivity (Wildman–Crippen MR) is 57.3 cm³/mol. The van der Waals surface area contributed by atoms with Gasteiger partial charge < -0.3 is 10.0 Å². The third-order valence-electron chi connectivity index (χ3n) is 2.73. The first-order valence-corrected chi connectivity index (χ1v) is 5.21. The highest BCUT2D eigenvalue weighted by Gasteiger charge is 2.17. The third kappa shape index (κ3) is 2.09. The van der Waals surface area contributed by atoms with E-state index in [-0.39, 0.29) is 0 Å². The highest BCUT2D eigenvalue weighted by molar-refractivity contribution is 5.94. The molecule has 80 valence electrons. The van der Waals surface area contributed by atoms with Gasteiger partial charge in [0.25, 0.3) is 0 Å². The number of nitrogens with zero attached hydrogens (tertiary/aromatic N) is 2. The van der Waals surface area contributed by atoms with Crippen molar-refractivity contribution in [1.82, 2.24) is 4.98 Å². The van der Waals surface area contributed by atoms with Crippen LogP contribution in [0.3, 0.4) is 0 Å². The van der Waals surface area contributed by atoms with Gasteiger partial charge in [-0.1, -0.05) is 0 Å². The Balaban J connectivity index is 2.29. The number of pyridine rings is 1. The summed E-state index contributed by atoms with van der Waals surface area (Å²) in [6, 6.07) is 1.56. The lowest BCUT2D eigenvalue weighted by Crippen LogP contribution is -2.30. The Bertz CT molecular complexity index is 359. The lowest BCUT2D eigenvalue weighted by atomic mass is 10.1. The fourth-order valence-electron chi connectivity index (χ4n) is 1.95. The SMILES string of the molecule is O=C(O)c1ccncc1N1CCCCC1. The second-order valence-electron chi connectivity index (χ2n) is 3.75. The van der Waals surface area contributed by atoms with E-state index in [1.54, 1.807) is 12.3 Å². The van der Waals surface area contributed by atoms with Gasteiger partial charge in [-0.2, -0.15) is 0 Å². The monoisotopic (exact) mass is 206 g/mol. The molecule has 1 aliphatic heterocycles. The van der Waals surface area contributed by atoms with Gasteiger partial charge in [0.2, 0.25) is 0 Å². The zero-order chi connectivity index (χ0) is 10.7. The topological polar surface area (TPSA) is 53.4 Å². The molecular weight excluding hydrogens is 192 g/mol. The molecule has 1 aromatic rings. The Labute approximate surface area is 88.6 Å².